The van der Waals surface area contributed by atoms with E-state index >= 15 is 0 Å². The molecule has 1 aromatic heterocycles. The molecule has 0 bridgehead atoms. The first kappa shape index (κ1) is 14.7. The molecule has 0 spiro atoms. The molecule has 2 N–H and O–H groups in total. The summed E-state index contributed by atoms with van der Waals surface area (Å²) in [5, 5.41) is 15.8. The van der Waals surface area contributed by atoms with Crippen molar-refractivity contribution in [2.24, 2.45) is 5.92 Å². The standard InChI is InChI=1S/C12H20N2O4/c1-7(2)8(3)13-12(16)11-9(5-15)10(6-17-4)18-14-11/h7-8,15H,5-6H2,1-4H3,(H,13,16). The van der Waals surface area contributed by atoms with Gasteiger partial charge in [0.05, 0.1) is 12.2 Å². The average molecular weight is 256 g/mol. The Morgan fingerprint density at radius 1 is 1.50 bits per heavy atom. The van der Waals surface area contributed by atoms with Crippen LogP contribution < -0.4 is 5.32 Å². The third-order valence-electron chi connectivity index (χ3n) is 2.88. The summed E-state index contributed by atoms with van der Waals surface area (Å²) in [6.45, 7) is 5.81. The lowest BCUT2D eigenvalue weighted by Gasteiger charge is -2.16. The highest BCUT2D eigenvalue weighted by atomic mass is 16.5. The molecule has 1 atom stereocenters. The fourth-order valence-electron chi connectivity index (χ4n) is 1.37. The predicted octanol–water partition coefficient (Wildman–Crippen LogP) is 1.09. The van der Waals surface area contributed by atoms with Gasteiger partial charge in [-0.2, -0.15) is 0 Å². The number of rotatable bonds is 6. The Balaban J connectivity index is 2.85. The molecule has 0 aliphatic carbocycles. The Morgan fingerprint density at radius 2 is 2.17 bits per heavy atom. The molecule has 0 fully saturated rings. The van der Waals surface area contributed by atoms with Crippen LogP contribution in [0.3, 0.4) is 0 Å². The highest BCUT2D eigenvalue weighted by molar-refractivity contribution is 5.93. The van der Waals surface area contributed by atoms with Gasteiger partial charge in [0.15, 0.2) is 11.5 Å². The highest BCUT2D eigenvalue weighted by Gasteiger charge is 2.22. The predicted molar refractivity (Wildman–Crippen MR) is 64.9 cm³/mol. The minimum atomic E-state index is -0.341. The van der Waals surface area contributed by atoms with Gasteiger partial charge in [-0.3, -0.25) is 4.79 Å². The number of ether oxygens (including phenoxy) is 1. The minimum Gasteiger partial charge on any atom is -0.391 e. The maximum absolute atomic E-state index is 12.0. The molecule has 0 saturated carbocycles. The Labute approximate surface area is 106 Å². The Hall–Kier alpha value is -1.40. The molecule has 1 rings (SSSR count). The van der Waals surface area contributed by atoms with Crippen LogP contribution in [0.1, 0.15) is 42.6 Å². The zero-order chi connectivity index (χ0) is 13.7. The third kappa shape index (κ3) is 3.30. The van der Waals surface area contributed by atoms with Gasteiger partial charge in [0.25, 0.3) is 5.91 Å². The fraction of sp³-hybridized carbons (Fsp3) is 0.667. The van der Waals surface area contributed by atoms with E-state index in [1.165, 1.54) is 7.11 Å². The first-order chi connectivity index (χ1) is 8.51. The van der Waals surface area contributed by atoms with Crippen molar-refractivity contribution in [3.8, 4) is 0 Å². The monoisotopic (exact) mass is 256 g/mol. The number of carbonyl (C=O) groups excluding carboxylic acids is 1. The van der Waals surface area contributed by atoms with E-state index in [1.807, 2.05) is 20.8 Å². The molecule has 1 amide bonds. The van der Waals surface area contributed by atoms with Gasteiger partial charge in [-0.05, 0) is 12.8 Å². The van der Waals surface area contributed by atoms with Crippen LogP contribution in [-0.4, -0.2) is 29.3 Å². The van der Waals surface area contributed by atoms with E-state index in [4.69, 9.17) is 9.26 Å². The van der Waals surface area contributed by atoms with Crippen molar-refractivity contribution in [1.29, 1.82) is 0 Å². The number of hydrogen-bond acceptors (Lipinski definition) is 5. The first-order valence-electron chi connectivity index (χ1n) is 5.89. The number of aromatic nitrogens is 1. The largest absolute Gasteiger partial charge is 0.391 e. The van der Waals surface area contributed by atoms with Gasteiger partial charge in [0, 0.05) is 13.2 Å². The molecular formula is C12H20N2O4. The summed E-state index contributed by atoms with van der Waals surface area (Å²) < 4.78 is 9.90. The number of nitrogens with one attached hydrogen (secondary N) is 1. The lowest BCUT2D eigenvalue weighted by atomic mass is 10.1. The smallest absolute Gasteiger partial charge is 0.274 e. The van der Waals surface area contributed by atoms with E-state index in [1.54, 1.807) is 0 Å². The quantitative estimate of drug-likeness (QED) is 0.795. The van der Waals surface area contributed by atoms with Crippen molar-refractivity contribution < 1.29 is 19.2 Å². The Morgan fingerprint density at radius 3 is 2.67 bits per heavy atom. The van der Waals surface area contributed by atoms with E-state index in [2.05, 4.69) is 10.5 Å². The fourth-order valence-corrected chi connectivity index (χ4v) is 1.37. The van der Waals surface area contributed by atoms with Crippen molar-refractivity contribution in [1.82, 2.24) is 10.5 Å². The molecule has 0 radical (unpaired) electrons. The average Bonchev–Trinajstić information content (AvgIpc) is 2.72. The maximum Gasteiger partial charge on any atom is 0.274 e. The molecule has 0 aliphatic rings. The summed E-state index contributed by atoms with van der Waals surface area (Å²) in [6.07, 6.45) is 0. The van der Waals surface area contributed by atoms with E-state index in [0.29, 0.717) is 17.2 Å². The zero-order valence-electron chi connectivity index (χ0n) is 11.2. The molecular weight excluding hydrogens is 236 g/mol. The highest BCUT2D eigenvalue weighted by Crippen LogP contribution is 2.16. The molecule has 1 aromatic rings. The van der Waals surface area contributed by atoms with Crippen LogP contribution in [0.4, 0.5) is 0 Å². The van der Waals surface area contributed by atoms with Gasteiger partial charge in [0.2, 0.25) is 0 Å². The van der Waals surface area contributed by atoms with Crippen molar-refractivity contribution in [3.05, 3.63) is 17.0 Å². The first-order valence-corrected chi connectivity index (χ1v) is 5.89. The second-order valence-corrected chi connectivity index (χ2v) is 4.53. The summed E-state index contributed by atoms with van der Waals surface area (Å²) in [7, 11) is 1.50. The summed E-state index contributed by atoms with van der Waals surface area (Å²) in [4.78, 5) is 12.0. The number of aliphatic hydroxyl groups is 1. The van der Waals surface area contributed by atoms with Crippen LogP contribution in [-0.2, 0) is 18.0 Å². The van der Waals surface area contributed by atoms with Crippen molar-refractivity contribution >= 4 is 5.91 Å². The number of hydrogen-bond donors (Lipinski definition) is 2. The SMILES string of the molecule is COCc1onc(C(=O)NC(C)C(C)C)c1CO. The summed E-state index contributed by atoms with van der Waals surface area (Å²) in [5.41, 5.74) is 0.502. The summed E-state index contributed by atoms with van der Waals surface area (Å²) >= 11 is 0. The van der Waals surface area contributed by atoms with Crippen LogP contribution in [0, 0.1) is 5.92 Å². The van der Waals surface area contributed by atoms with Crippen LogP contribution in [0.15, 0.2) is 4.52 Å². The third-order valence-corrected chi connectivity index (χ3v) is 2.88. The number of amides is 1. The molecule has 18 heavy (non-hydrogen) atoms. The number of nitrogens with zero attached hydrogens (tertiary/aromatic N) is 1. The normalized spacial score (nSPS) is 12.8. The molecule has 6 heteroatoms. The van der Waals surface area contributed by atoms with Gasteiger partial charge < -0.3 is 19.7 Å². The second kappa shape index (κ2) is 6.51. The van der Waals surface area contributed by atoms with Crippen molar-refractivity contribution in [3.63, 3.8) is 0 Å². The Kier molecular flexibility index (Phi) is 5.30. The molecule has 0 aliphatic heterocycles. The summed E-state index contributed by atoms with van der Waals surface area (Å²) in [5.74, 6) is 0.352. The van der Waals surface area contributed by atoms with Crippen molar-refractivity contribution in [2.75, 3.05) is 7.11 Å². The zero-order valence-corrected chi connectivity index (χ0v) is 11.2. The lowest BCUT2D eigenvalue weighted by molar-refractivity contribution is 0.0918. The number of methoxy groups -OCH3 is 1. The minimum absolute atomic E-state index is 0.0200. The van der Waals surface area contributed by atoms with Gasteiger partial charge in [-0.15, -0.1) is 0 Å². The molecule has 6 nitrogen and oxygen atoms in total. The molecule has 0 saturated heterocycles. The van der Waals surface area contributed by atoms with E-state index < -0.39 is 0 Å². The van der Waals surface area contributed by atoms with Crippen LogP contribution in [0.25, 0.3) is 0 Å². The maximum atomic E-state index is 12.0. The topological polar surface area (TPSA) is 84.6 Å². The second-order valence-electron chi connectivity index (χ2n) is 4.53. The van der Waals surface area contributed by atoms with E-state index in [0.717, 1.165) is 0 Å². The Bertz CT molecular complexity index is 401. The number of carbonyl (C=O) groups is 1. The van der Waals surface area contributed by atoms with Gasteiger partial charge in [-0.25, -0.2) is 0 Å². The van der Waals surface area contributed by atoms with Crippen LogP contribution >= 0.6 is 0 Å². The van der Waals surface area contributed by atoms with Crippen molar-refractivity contribution in [2.45, 2.75) is 40.0 Å². The van der Waals surface area contributed by atoms with E-state index in [9.17, 15) is 9.90 Å². The summed E-state index contributed by atoms with van der Waals surface area (Å²) in [6, 6.07) is 0.0200. The number of aliphatic hydroxyl groups excluding tert-OH is 1. The van der Waals surface area contributed by atoms with Gasteiger partial charge in [0.1, 0.15) is 6.61 Å². The van der Waals surface area contributed by atoms with Crippen LogP contribution in [0.2, 0.25) is 0 Å². The molecule has 102 valence electrons. The molecule has 0 aromatic carbocycles. The van der Waals surface area contributed by atoms with Crippen LogP contribution in [0.5, 0.6) is 0 Å². The van der Waals surface area contributed by atoms with Gasteiger partial charge >= 0.3 is 0 Å². The van der Waals surface area contributed by atoms with E-state index in [-0.39, 0.29) is 30.9 Å². The lowest BCUT2D eigenvalue weighted by Crippen LogP contribution is -2.36. The molecule has 1 heterocycles. The molecule has 1 unspecified atom stereocenters. The van der Waals surface area contributed by atoms with Gasteiger partial charge in [-0.1, -0.05) is 19.0 Å².